The molecule has 3 nitrogen and oxygen atoms in total. The lowest BCUT2D eigenvalue weighted by molar-refractivity contribution is 0.0690. The van der Waals surface area contributed by atoms with E-state index in [9.17, 15) is 4.79 Å². The molecule has 0 saturated carbocycles. The van der Waals surface area contributed by atoms with Crippen LogP contribution in [0.25, 0.3) is 10.9 Å². The molecule has 0 radical (unpaired) electrons. The molecule has 0 unspecified atom stereocenters. The first-order valence-electron chi connectivity index (χ1n) is 7.99. The Morgan fingerprint density at radius 2 is 1.88 bits per heavy atom. The molecule has 0 spiro atoms. The monoisotopic (exact) mass is 336 g/mol. The predicted octanol–water partition coefficient (Wildman–Crippen LogP) is 4.57. The average molecular weight is 336 g/mol. The Morgan fingerprint density at radius 1 is 1.12 bits per heavy atom. The minimum absolute atomic E-state index is 0.00917. The third-order valence-corrected chi connectivity index (χ3v) is 4.35. The van der Waals surface area contributed by atoms with E-state index in [1.807, 2.05) is 67.3 Å². The molecule has 122 valence electrons. The van der Waals surface area contributed by atoms with Crippen LogP contribution >= 0.6 is 12.6 Å². The lowest BCUT2D eigenvalue weighted by atomic mass is 10.1. The fourth-order valence-electron chi connectivity index (χ4n) is 2.73. The molecule has 0 aliphatic heterocycles. The molecule has 4 heteroatoms. The van der Waals surface area contributed by atoms with E-state index < -0.39 is 0 Å². The summed E-state index contributed by atoms with van der Waals surface area (Å²) in [5.74, 6) is 0.00917. The van der Waals surface area contributed by atoms with Gasteiger partial charge in [-0.1, -0.05) is 36.4 Å². The van der Waals surface area contributed by atoms with Crippen LogP contribution in [0.1, 0.15) is 29.8 Å². The number of benzene rings is 2. The molecule has 0 atom stereocenters. The van der Waals surface area contributed by atoms with Gasteiger partial charge in [0.1, 0.15) is 0 Å². The Kier molecular flexibility index (Phi) is 4.86. The zero-order valence-corrected chi connectivity index (χ0v) is 14.7. The van der Waals surface area contributed by atoms with E-state index >= 15 is 0 Å². The molecular weight excluding hydrogens is 316 g/mol. The molecule has 1 aromatic heterocycles. The molecule has 24 heavy (non-hydrogen) atoms. The van der Waals surface area contributed by atoms with Crippen LogP contribution in [0.3, 0.4) is 0 Å². The molecule has 0 aliphatic rings. The largest absolute Gasteiger partial charge is 0.332 e. The van der Waals surface area contributed by atoms with Gasteiger partial charge < -0.3 is 4.90 Å². The lowest BCUT2D eigenvalue weighted by Gasteiger charge is -2.27. The second-order valence-electron chi connectivity index (χ2n) is 6.08. The van der Waals surface area contributed by atoms with Gasteiger partial charge >= 0.3 is 0 Å². The smallest absolute Gasteiger partial charge is 0.254 e. The number of pyridine rings is 1. The molecule has 0 fully saturated rings. The first-order chi connectivity index (χ1) is 11.6. The van der Waals surface area contributed by atoms with Crippen molar-refractivity contribution in [1.29, 1.82) is 0 Å². The Labute approximate surface area is 147 Å². The Bertz CT molecular complexity index is 862. The third kappa shape index (κ3) is 3.44. The highest BCUT2D eigenvalue weighted by Gasteiger charge is 2.20. The standard InChI is InChI=1S/C20H20N2OS/c1-14(2)22(13-15-7-4-3-5-8-15)20(23)17-11-16-9-6-10-21-19(16)18(24)12-17/h3-12,14,24H,13H2,1-2H3. The second kappa shape index (κ2) is 7.05. The van der Waals surface area contributed by atoms with Crippen molar-refractivity contribution in [2.45, 2.75) is 31.3 Å². The van der Waals surface area contributed by atoms with Crippen molar-refractivity contribution in [3.05, 3.63) is 71.9 Å². The SMILES string of the molecule is CC(C)N(Cc1ccccc1)C(=O)c1cc(S)c2ncccc2c1. The number of hydrogen-bond donors (Lipinski definition) is 1. The van der Waals surface area contributed by atoms with Crippen LogP contribution in [0.4, 0.5) is 0 Å². The van der Waals surface area contributed by atoms with E-state index in [0.29, 0.717) is 12.1 Å². The Balaban J connectivity index is 1.96. The van der Waals surface area contributed by atoms with Gasteiger partial charge in [0.25, 0.3) is 5.91 Å². The quantitative estimate of drug-likeness (QED) is 0.708. The first-order valence-corrected chi connectivity index (χ1v) is 8.43. The van der Waals surface area contributed by atoms with Gasteiger partial charge in [0.2, 0.25) is 0 Å². The van der Waals surface area contributed by atoms with Gasteiger partial charge in [0.05, 0.1) is 5.52 Å². The summed E-state index contributed by atoms with van der Waals surface area (Å²) in [7, 11) is 0. The molecule has 0 N–H and O–H groups in total. The summed E-state index contributed by atoms with van der Waals surface area (Å²) >= 11 is 4.50. The molecule has 2 aromatic carbocycles. The van der Waals surface area contributed by atoms with Crippen molar-refractivity contribution in [3.8, 4) is 0 Å². The molecule has 0 bridgehead atoms. The van der Waals surface area contributed by atoms with Crippen LogP contribution in [0.2, 0.25) is 0 Å². The molecule has 3 rings (SSSR count). The summed E-state index contributed by atoms with van der Waals surface area (Å²) in [6, 6.07) is 17.7. The van der Waals surface area contributed by atoms with Crippen molar-refractivity contribution in [2.24, 2.45) is 0 Å². The van der Waals surface area contributed by atoms with Crippen LogP contribution in [-0.4, -0.2) is 21.8 Å². The highest BCUT2D eigenvalue weighted by atomic mass is 32.1. The van der Waals surface area contributed by atoms with E-state index in [1.165, 1.54) is 0 Å². The van der Waals surface area contributed by atoms with Gasteiger partial charge in [-0.05, 0) is 37.6 Å². The van der Waals surface area contributed by atoms with E-state index in [2.05, 4.69) is 17.6 Å². The minimum atomic E-state index is 0.00917. The number of thiol groups is 1. The minimum Gasteiger partial charge on any atom is -0.332 e. The number of rotatable bonds is 4. The topological polar surface area (TPSA) is 33.2 Å². The van der Waals surface area contributed by atoms with Crippen molar-refractivity contribution in [1.82, 2.24) is 9.88 Å². The predicted molar refractivity (Wildman–Crippen MR) is 100 cm³/mol. The average Bonchev–Trinajstić information content (AvgIpc) is 2.60. The second-order valence-corrected chi connectivity index (χ2v) is 6.56. The molecule has 3 aromatic rings. The fraction of sp³-hybridized carbons (Fsp3) is 0.200. The van der Waals surface area contributed by atoms with E-state index in [-0.39, 0.29) is 11.9 Å². The number of carbonyl (C=O) groups is 1. The van der Waals surface area contributed by atoms with Gasteiger partial charge in [0, 0.05) is 34.6 Å². The van der Waals surface area contributed by atoms with Crippen molar-refractivity contribution in [2.75, 3.05) is 0 Å². The highest BCUT2D eigenvalue weighted by molar-refractivity contribution is 7.80. The van der Waals surface area contributed by atoms with E-state index in [1.54, 1.807) is 12.3 Å². The summed E-state index contributed by atoms with van der Waals surface area (Å²) in [5, 5.41) is 0.928. The number of carbonyl (C=O) groups excluding carboxylic acids is 1. The number of hydrogen-bond acceptors (Lipinski definition) is 3. The summed E-state index contributed by atoms with van der Waals surface area (Å²) in [4.78, 5) is 20.0. The number of fused-ring (bicyclic) bond motifs is 1. The van der Waals surface area contributed by atoms with Crippen LogP contribution in [0.15, 0.2) is 65.7 Å². The van der Waals surface area contributed by atoms with Gasteiger partial charge in [-0.3, -0.25) is 9.78 Å². The van der Waals surface area contributed by atoms with Gasteiger partial charge in [-0.15, -0.1) is 12.6 Å². The zero-order valence-electron chi connectivity index (χ0n) is 13.8. The number of nitrogens with zero attached hydrogens (tertiary/aromatic N) is 2. The van der Waals surface area contributed by atoms with Gasteiger partial charge in [0.15, 0.2) is 0 Å². The Morgan fingerprint density at radius 3 is 2.58 bits per heavy atom. The van der Waals surface area contributed by atoms with E-state index in [0.717, 1.165) is 21.4 Å². The maximum absolute atomic E-state index is 13.1. The van der Waals surface area contributed by atoms with E-state index in [4.69, 9.17) is 0 Å². The highest BCUT2D eigenvalue weighted by Crippen LogP contribution is 2.24. The molecule has 1 amide bonds. The van der Waals surface area contributed by atoms with Crippen molar-refractivity contribution < 1.29 is 4.79 Å². The molecule has 0 aliphatic carbocycles. The summed E-state index contributed by atoms with van der Waals surface area (Å²) in [6.45, 7) is 4.65. The van der Waals surface area contributed by atoms with Crippen LogP contribution in [0.5, 0.6) is 0 Å². The summed E-state index contributed by atoms with van der Waals surface area (Å²) in [6.07, 6.45) is 1.74. The van der Waals surface area contributed by atoms with Gasteiger partial charge in [-0.25, -0.2) is 0 Å². The van der Waals surface area contributed by atoms with Crippen LogP contribution in [0, 0.1) is 0 Å². The van der Waals surface area contributed by atoms with Crippen molar-refractivity contribution in [3.63, 3.8) is 0 Å². The van der Waals surface area contributed by atoms with Crippen molar-refractivity contribution >= 4 is 29.4 Å². The van der Waals surface area contributed by atoms with Gasteiger partial charge in [-0.2, -0.15) is 0 Å². The fourth-order valence-corrected chi connectivity index (χ4v) is 3.06. The zero-order chi connectivity index (χ0) is 17.1. The normalized spacial score (nSPS) is 11.0. The van der Waals surface area contributed by atoms with Crippen LogP contribution in [-0.2, 0) is 6.54 Å². The lowest BCUT2D eigenvalue weighted by Crippen LogP contribution is -2.36. The molecule has 1 heterocycles. The van der Waals surface area contributed by atoms with Crippen LogP contribution < -0.4 is 0 Å². The molecular formula is C20H20N2OS. The Hall–Kier alpha value is -2.33. The maximum atomic E-state index is 13.1. The summed E-state index contributed by atoms with van der Waals surface area (Å²) < 4.78 is 0. The number of amides is 1. The third-order valence-electron chi connectivity index (χ3n) is 4.01. The molecule has 0 saturated heterocycles. The maximum Gasteiger partial charge on any atom is 0.254 e. The number of aromatic nitrogens is 1. The first kappa shape index (κ1) is 16.5. The summed E-state index contributed by atoms with van der Waals surface area (Å²) in [5.41, 5.74) is 2.58.